The maximum atomic E-state index is 11.5. The van der Waals surface area contributed by atoms with Crippen LogP contribution in [-0.4, -0.2) is 48.6 Å². The molecule has 2 N–H and O–H groups in total. The van der Waals surface area contributed by atoms with Crippen molar-refractivity contribution >= 4 is 11.9 Å². The van der Waals surface area contributed by atoms with Crippen LogP contribution in [0.5, 0.6) is 0 Å². The quantitative estimate of drug-likeness (QED) is 0.443. The number of rotatable bonds is 8. The number of aliphatic carboxylic acids is 1. The molecule has 0 bridgehead atoms. The van der Waals surface area contributed by atoms with Gasteiger partial charge in [-0.1, -0.05) is 6.08 Å². The van der Waals surface area contributed by atoms with Crippen LogP contribution in [0.25, 0.3) is 0 Å². The number of hydrogen-bond donors (Lipinski definition) is 2. The van der Waals surface area contributed by atoms with Crippen molar-refractivity contribution in [2.45, 2.75) is 12.8 Å². The van der Waals surface area contributed by atoms with Gasteiger partial charge in [0, 0.05) is 13.0 Å². The van der Waals surface area contributed by atoms with Crippen LogP contribution in [0.2, 0.25) is 0 Å². The second-order valence-corrected chi connectivity index (χ2v) is 3.16. The zero-order valence-electron chi connectivity index (χ0n) is 9.03. The molecule has 0 spiro atoms. The molecule has 86 valence electrons. The lowest BCUT2D eigenvalue weighted by atomic mass is 10.2. The van der Waals surface area contributed by atoms with Gasteiger partial charge in [0.25, 0.3) is 0 Å². The Bertz CT molecular complexity index is 229. The second-order valence-electron chi connectivity index (χ2n) is 3.16. The Labute approximate surface area is 89.8 Å². The largest absolute Gasteiger partial charge is 0.480 e. The van der Waals surface area contributed by atoms with Crippen LogP contribution in [0.1, 0.15) is 12.8 Å². The molecule has 0 aliphatic rings. The lowest BCUT2D eigenvalue weighted by Crippen LogP contribution is -2.35. The van der Waals surface area contributed by atoms with Crippen molar-refractivity contribution in [3.8, 4) is 0 Å². The van der Waals surface area contributed by atoms with E-state index in [9.17, 15) is 9.59 Å². The first-order chi connectivity index (χ1) is 7.11. The summed E-state index contributed by atoms with van der Waals surface area (Å²) in [6.07, 6.45) is 2.60. The summed E-state index contributed by atoms with van der Waals surface area (Å²) in [4.78, 5) is 23.3. The summed E-state index contributed by atoms with van der Waals surface area (Å²) < 4.78 is 0. The molecule has 1 amide bonds. The summed E-state index contributed by atoms with van der Waals surface area (Å²) in [7, 11) is 1.81. The van der Waals surface area contributed by atoms with Crippen molar-refractivity contribution in [3.63, 3.8) is 0 Å². The van der Waals surface area contributed by atoms with E-state index in [1.54, 1.807) is 0 Å². The van der Waals surface area contributed by atoms with Crippen molar-refractivity contribution in [1.29, 1.82) is 0 Å². The highest BCUT2D eigenvalue weighted by Gasteiger charge is 2.14. The van der Waals surface area contributed by atoms with E-state index in [0.717, 1.165) is 6.54 Å². The number of carboxylic acid groups (broad SMARTS) is 1. The molecule has 0 saturated heterocycles. The van der Waals surface area contributed by atoms with Gasteiger partial charge in [0.15, 0.2) is 0 Å². The van der Waals surface area contributed by atoms with Gasteiger partial charge in [-0.05, 0) is 20.0 Å². The summed E-state index contributed by atoms with van der Waals surface area (Å²) in [5.74, 6) is -1.15. The zero-order chi connectivity index (χ0) is 11.7. The van der Waals surface area contributed by atoms with Crippen molar-refractivity contribution in [2.75, 3.05) is 26.7 Å². The number of amides is 1. The second kappa shape index (κ2) is 7.99. The van der Waals surface area contributed by atoms with Crippen LogP contribution in [-0.2, 0) is 9.59 Å². The van der Waals surface area contributed by atoms with Crippen LogP contribution in [0.15, 0.2) is 12.7 Å². The number of hydrogen-bond acceptors (Lipinski definition) is 3. The minimum absolute atomic E-state index is 0.146. The number of carboxylic acids is 1. The van der Waals surface area contributed by atoms with Gasteiger partial charge in [-0.25, -0.2) is 0 Å². The third-order valence-electron chi connectivity index (χ3n) is 1.85. The predicted molar refractivity (Wildman–Crippen MR) is 57.6 cm³/mol. The van der Waals surface area contributed by atoms with Gasteiger partial charge >= 0.3 is 5.97 Å². The molecule has 0 unspecified atom stereocenters. The Kier molecular flexibility index (Phi) is 7.27. The van der Waals surface area contributed by atoms with E-state index in [-0.39, 0.29) is 19.0 Å². The molecule has 5 nitrogen and oxygen atoms in total. The molecular weight excluding hydrogens is 196 g/mol. The number of nitrogens with zero attached hydrogens (tertiary/aromatic N) is 1. The smallest absolute Gasteiger partial charge is 0.323 e. The van der Waals surface area contributed by atoms with E-state index < -0.39 is 5.97 Å². The highest BCUT2D eigenvalue weighted by molar-refractivity contribution is 5.81. The summed E-state index contributed by atoms with van der Waals surface area (Å²) in [6, 6.07) is 0. The van der Waals surface area contributed by atoms with E-state index in [2.05, 4.69) is 11.9 Å². The van der Waals surface area contributed by atoms with Crippen LogP contribution < -0.4 is 5.32 Å². The van der Waals surface area contributed by atoms with Crippen molar-refractivity contribution in [1.82, 2.24) is 10.2 Å². The van der Waals surface area contributed by atoms with E-state index in [4.69, 9.17) is 5.11 Å². The summed E-state index contributed by atoms with van der Waals surface area (Å²) in [5, 5.41) is 11.5. The van der Waals surface area contributed by atoms with E-state index in [0.29, 0.717) is 12.8 Å². The van der Waals surface area contributed by atoms with Gasteiger partial charge in [-0.15, -0.1) is 6.58 Å². The Morgan fingerprint density at radius 1 is 1.53 bits per heavy atom. The van der Waals surface area contributed by atoms with Gasteiger partial charge in [-0.3, -0.25) is 9.59 Å². The van der Waals surface area contributed by atoms with Crippen molar-refractivity contribution < 1.29 is 14.7 Å². The number of carbonyl (C=O) groups is 2. The molecule has 0 rings (SSSR count). The topological polar surface area (TPSA) is 69.6 Å². The first kappa shape index (κ1) is 13.6. The van der Waals surface area contributed by atoms with Crippen molar-refractivity contribution in [2.24, 2.45) is 0 Å². The van der Waals surface area contributed by atoms with Crippen molar-refractivity contribution in [3.05, 3.63) is 12.7 Å². The fraction of sp³-hybridized carbons (Fsp3) is 0.600. The van der Waals surface area contributed by atoms with Crippen LogP contribution in [0, 0.1) is 0 Å². The molecule has 5 heteroatoms. The van der Waals surface area contributed by atoms with Gasteiger partial charge in [0.1, 0.15) is 6.54 Å². The minimum atomic E-state index is -1.00. The average Bonchev–Trinajstić information content (AvgIpc) is 2.17. The number of nitrogens with one attached hydrogen (secondary N) is 1. The highest BCUT2D eigenvalue weighted by Crippen LogP contribution is 1.97. The standard InChI is InChI=1S/C10H18N2O3/c1-3-7-12(8-10(14)15)9(13)5-4-6-11-2/h3,11H,1,4-8H2,2H3,(H,14,15). The normalized spacial score (nSPS) is 9.67. The molecule has 0 atom stereocenters. The highest BCUT2D eigenvalue weighted by atomic mass is 16.4. The minimum Gasteiger partial charge on any atom is -0.480 e. The Hall–Kier alpha value is -1.36. The van der Waals surface area contributed by atoms with Gasteiger partial charge in [0.2, 0.25) is 5.91 Å². The third-order valence-corrected chi connectivity index (χ3v) is 1.85. The molecular formula is C10H18N2O3. The first-order valence-corrected chi connectivity index (χ1v) is 4.87. The molecule has 15 heavy (non-hydrogen) atoms. The van der Waals surface area contributed by atoms with Crippen LogP contribution in [0.3, 0.4) is 0 Å². The molecule has 0 aliphatic heterocycles. The van der Waals surface area contributed by atoms with E-state index in [1.807, 2.05) is 7.05 Å². The summed E-state index contributed by atoms with van der Waals surface area (Å²) in [5.41, 5.74) is 0. The van der Waals surface area contributed by atoms with Gasteiger partial charge < -0.3 is 15.3 Å². The summed E-state index contributed by atoms with van der Waals surface area (Å²) in [6.45, 7) is 4.26. The molecule has 0 aromatic carbocycles. The molecule has 0 saturated carbocycles. The van der Waals surface area contributed by atoms with Crippen LogP contribution >= 0.6 is 0 Å². The summed E-state index contributed by atoms with van der Waals surface area (Å²) >= 11 is 0. The Morgan fingerprint density at radius 3 is 2.67 bits per heavy atom. The zero-order valence-corrected chi connectivity index (χ0v) is 9.03. The molecule has 0 aromatic heterocycles. The average molecular weight is 214 g/mol. The predicted octanol–water partition coefficient (Wildman–Crippen LogP) is 0.0852. The lowest BCUT2D eigenvalue weighted by Gasteiger charge is -2.18. The monoisotopic (exact) mass is 214 g/mol. The molecule has 0 aliphatic carbocycles. The number of carbonyl (C=O) groups excluding carboxylic acids is 1. The molecule has 0 fully saturated rings. The van der Waals surface area contributed by atoms with Gasteiger partial charge in [0.05, 0.1) is 0 Å². The molecule has 0 heterocycles. The first-order valence-electron chi connectivity index (χ1n) is 4.87. The van der Waals surface area contributed by atoms with E-state index >= 15 is 0 Å². The molecule has 0 radical (unpaired) electrons. The Morgan fingerprint density at radius 2 is 2.20 bits per heavy atom. The maximum absolute atomic E-state index is 11.5. The van der Waals surface area contributed by atoms with Gasteiger partial charge in [-0.2, -0.15) is 0 Å². The fourth-order valence-electron chi connectivity index (χ4n) is 1.15. The van der Waals surface area contributed by atoms with E-state index in [1.165, 1.54) is 11.0 Å². The molecule has 0 aromatic rings. The lowest BCUT2D eigenvalue weighted by molar-refractivity contribution is -0.144. The Balaban J connectivity index is 4.03. The maximum Gasteiger partial charge on any atom is 0.323 e. The van der Waals surface area contributed by atoms with Crippen LogP contribution in [0.4, 0.5) is 0 Å². The fourth-order valence-corrected chi connectivity index (χ4v) is 1.15. The SMILES string of the molecule is C=CCN(CC(=O)O)C(=O)CCCNC. The third kappa shape index (κ3) is 6.68.